The molecule has 2 nitrogen and oxygen atoms in total. The Morgan fingerprint density at radius 2 is 1.90 bits per heavy atom. The molecule has 0 amide bonds. The van der Waals surface area contributed by atoms with Gasteiger partial charge in [0.15, 0.2) is 0 Å². The van der Waals surface area contributed by atoms with Crippen molar-refractivity contribution in [2.24, 2.45) is 5.92 Å². The first-order chi connectivity index (χ1) is 9.56. The van der Waals surface area contributed by atoms with Gasteiger partial charge in [-0.3, -0.25) is 0 Å². The second-order valence-corrected chi connectivity index (χ2v) is 6.15. The lowest BCUT2D eigenvalue weighted by Crippen LogP contribution is -2.32. The molecule has 0 bridgehead atoms. The molecule has 1 saturated carbocycles. The van der Waals surface area contributed by atoms with Crippen LogP contribution in [0.1, 0.15) is 43.8 Å². The van der Waals surface area contributed by atoms with Gasteiger partial charge in [-0.05, 0) is 46.8 Å². The smallest absolute Gasteiger partial charge is 0.146 e. The summed E-state index contributed by atoms with van der Waals surface area (Å²) in [6, 6.07) is 2.45. The highest BCUT2D eigenvalue weighted by Gasteiger charge is 2.34. The molecule has 0 aliphatic heterocycles. The van der Waals surface area contributed by atoms with Crippen LogP contribution in [0, 0.1) is 17.6 Å². The third-order valence-corrected chi connectivity index (χ3v) is 4.69. The minimum Gasteiger partial charge on any atom is -0.385 e. The van der Waals surface area contributed by atoms with Crippen LogP contribution in [-0.4, -0.2) is 18.3 Å². The molecule has 5 heteroatoms. The van der Waals surface area contributed by atoms with Crippen LogP contribution in [0.25, 0.3) is 0 Å². The van der Waals surface area contributed by atoms with E-state index in [-0.39, 0.29) is 16.0 Å². The minimum absolute atomic E-state index is 0.140. The van der Waals surface area contributed by atoms with E-state index < -0.39 is 23.8 Å². The summed E-state index contributed by atoms with van der Waals surface area (Å²) in [6.07, 6.45) is 3.29. The number of rotatable bonds is 4. The van der Waals surface area contributed by atoms with Crippen molar-refractivity contribution < 1.29 is 18.6 Å². The van der Waals surface area contributed by atoms with Crippen molar-refractivity contribution in [2.75, 3.05) is 7.11 Å². The van der Waals surface area contributed by atoms with Gasteiger partial charge in [-0.15, -0.1) is 0 Å². The van der Waals surface area contributed by atoms with Crippen LogP contribution in [-0.2, 0) is 4.74 Å². The molecule has 0 heterocycles. The van der Waals surface area contributed by atoms with E-state index in [0.29, 0.717) is 0 Å². The summed E-state index contributed by atoms with van der Waals surface area (Å²) in [4.78, 5) is 0. The van der Waals surface area contributed by atoms with Crippen LogP contribution < -0.4 is 0 Å². The van der Waals surface area contributed by atoms with E-state index in [1.165, 1.54) is 19.6 Å². The van der Waals surface area contributed by atoms with Gasteiger partial charge in [0.2, 0.25) is 0 Å². The number of aliphatic hydroxyl groups is 1. The normalized spacial score (nSPS) is 19.9. The molecular weight excluding hydrogens is 330 g/mol. The van der Waals surface area contributed by atoms with Gasteiger partial charge in [-0.25, -0.2) is 8.78 Å². The van der Waals surface area contributed by atoms with E-state index in [1.54, 1.807) is 0 Å². The molecule has 1 aliphatic carbocycles. The van der Waals surface area contributed by atoms with Crippen molar-refractivity contribution in [1.82, 2.24) is 0 Å². The van der Waals surface area contributed by atoms with Crippen molar-refractivity contribution in [3.8, 4) is 0 Å². The summed E-state index contributed by atoms with van der Waals surface area (Å²) < 4.78 is 33.4. The Labute approximate surface area is 126 Å². The molecule has 20 heavy (non-hydrogen) atoms. The molecule has 2 rings (SSSR count). The van der Waals surface area contributed by atoms with E-state index in [2.05, 4.69) is 15.9 Å². The van der Waals surface area contributed by atoms with Crippen LogP contribution in [0.2, 0.25) is 0 Å². The average Bonchev–Trinajstić information content (AvgIpc) is 2.45. The first kappa shape index (κ1) is 15.9. The molecule has 112 valence electrons. The third-order valence-electron chi connectivity index (χ3n) is 4.07. The molecule has 1 fully saturated rings. The Morgan fingerprint density at radius 3 is 2.50 bits per heavy atom. The van der Waals surface area contributed by atoms with Gasteiger partial charge in [-0.1, -0.05) is 19.3 Å². The maximum atomic E-state index is 14.1. The van der Waals surface area contributed by atoms with Crippen LogP contribution in [0.5, 0.6) is 0 Å². The van der Waals surface area contributed by atoms with Gasteiger partial charge in [-0.2, -0.15) is 0 Å². The summed E-state index contributed by atoms with van der Waals surface area (Å²) in [6.45, 7) is 0. The second-order valence-electron chi connectivity index (χ2n) is 5.30. The van der Waals surface area contributed by atoms with Crippen LogP contribution in [0.15, 0.2) is 16.6 Å². The SMILES string of the molecule is COC(C1CCCCC1)C(O)c1c(F)ccc(Br)c1F. The van der Waals surface area contributed by atoms with Crippen LogP contribution in [0.4, 0.5) is 8.78 Å². The molecular formula is C15H19BrF2O2. The largest absolute Gasteiger partial charge is 0.385 e. The monoisotopic (exact) mass is 348 g/mol. The Kier molecular flexibility index (Phi) is 5.52. The summed E-state index contributed by atoms with van der Waals surface area (Å²) in [7, 11) is 1.48. The molecule has 2 atom stereocenters. The zero-order chi connectivity index (χ0) is 14.7. The maximum Gasteiger partial charge on any atom is 0.146 e. The van der Waals surface area contributed by atoms with Crippen molar-refractivity contribution in [3.05, 3.63) is 33.8 Å². The molecule has 1 N–H and O–H groups in total. The van der Waals surface area contributed by atoms with E-state index in [9.17, 15) is 13.9 Å². The number of methoxy groups -OCH3 is 1. The number of ether oxygens (including phenoxy) is 1. The number of hydrogen-bond acceptors (Lipinski definition) is 2. The van der Waals surface area contributed by atoms with Crippen LogP contribution >= 0.6 is 15.9 Å². The zero-order valence-electron chi connectivity index (χ0n) is 11.4. The minimum atomic E-state index is -1.29. The summed E-state index contributed by atoms with van der Waals surface area (Å²) in [5.74, 6) is -1.35. The van der Waals surface area contributed by atoms with Crippen molar-refractivity contribution in [1.29, 1.82) is 0 Å². The highest BCUT2D eigenvalue weighted by Crippen LogP contribution is 2.36. The highest BCUT2D eigenvalue weighted by atomic mass is 79.9. The Morgan fingerprint density at radius 1 is 1.25 bits per heavy atom. The maximum absolute atomic E-state index is 14.1. The third kappa shape index (κ3) is 3.21. The lowest BCUT2D eigenvalue weighted by atomic mass is 9.81. The topological polar surface area (TPSA) is 29.5 Å². The fourth-order valence-electron chi connectivity index (χ4n) is 3.02. The number of hydrogen-bond donors (Lipinski definition) is 1. The molecule has 1 aliphatic rings. The lowest BCUT2D eigenvalue weighted by Gasteiger charge is -2.32. The summed E-state index contributed by atoms with van der Waals surface area (Å²) in [5, 5.41) is 10.4. The van der Waals surface area contributed by atoms with E-state index in [0.717, 1.165) is 31.7 Å². The fourth-order valence-corrected chi connectivity index (χ4v) is 3.37. The predicted octanol–water partition coefficient (Wildman–Crippen LogP) is 4.36. The van der Waals surface area contributed by atoms with Gasteiger partial charge in [0.1, 0.15) is 17.7 Å². The Bertz CT molecular complexity index is 461. The Hall–Kier alpha value is -0.520. The zero-order valence-corrected chi connectivity index (χ0v) is 13.0. The Balaban J connectivity index is 2.28. The van der Waals surface area contributed by atoms with Gasteiger partial charge in [0.05, 0.1) is 16.1 Å². The number of aliphatic hydroxyl groups excluding tert-OH is 1. The molecule has 0 spiro atoms. The van der Waals surface area contributed by atoms with E-state index in [1.807, 2.05) is 0 Å². The second kappa shape index (κ2) is 6.96. The summed E-state index contributed by atoms with van der Waals surface area (Å²) in [5.41, 5.74) is -0.309. The predicted molar refractivity (Wildman–Crippen MR) is 76.4 cm³/mol. The first-order valence-electron chi connectivity index (χ1n) is 6.90. The molecule has 0 radical (unpaired) electrons. The number of benzene rings is 1. The molecule has 0 aromatic heterocycles. The quantitative estimate of drug-likeness (QED) is 0.819. The van der Waals surface area contributed by atoms with Gasteiger partial charge < -0.3 is 9.84 Å². The lowest BCUT2D eigenvalue weighted by molar-refractivity contribution is -0.0585. The van der Waals surface area contributed by atoms with Gasteiger partial charge >= 0.3 is 0 Å². The fraction of sp³-hybridized carbons (Fsp3) is 0.600. The van der Waals surface area contributed by atoms with Crippen molar-refractivity contribution in [2.45, 2.75) is 44.3 Å². The van der Waals surface area contributed by atoms with E-state index >= 15 is 0 Å². The summed E-state index contributed by atoms with van der Waals surface area (Å²) >= 11 is 3.02. The molecule has 0 saturated heterocycles. The standard InChI is InChI=1S/C15H19BrF2O2/c1-20-15(9-5-3-2-4-6-9)14(19)12-11(17)8-7-10(16)13(12)18/h7-9,14-15,19H,2-6H2,1H3. The van der Waals surface area contributed by atoms with Gasteiger partial charge in [0, 0.05) is 7.11 Å². The molecule has 1 aromatic rings. The average molecular weight is 349 g/mol. The molecule has 1 aromatic carbocycles. The van der Waals surface area contributed by atoms with E-state index in [4.69, 9.17) is 4.74 Å². The van der Waals surface area contributed by atoms with Gasteiger partial charge in [0.25, 0.3) is 0 Å². The van der Waals surface area contributed by atoms with Crippen molar-refractivity contribution >= 4 is 15.9 Å². The molecule has 2 unspecified atom stereocenters. The number of halogens is 3. The highest BCUT2D eigenvalue weighted by molar-refractivity contribution is 9.10. The first-order valence-corrected chi connectivity index (χ1v) is 7.69. The van der Waals surface area contributed by atoms with Crippen molar-refractivity contribution in [3.63, 3.8) is 0 Å². The van der Waals surface area contributed by atoms with Crippen LogP contribution in [0.3, 0.4) is 0 Å².